The molecule has 0 aliphatic carbocycles. The maximum atomic E-state index is 12.2. The Morgan fingerprint density at radius 3 is 2.96 bits per heavy atom. The number of nitrogens with one attached hydrogen (secondary N) is 1. The summed E-state index contributed by atoms with van der Waals surface area (Å²) in [5, 5.41) is 4.03. The van der Waals surface area contributed by atoms with Gasteiger partial charge in [-0.05, 0) is 12.8 Å². The van der Waals surface area contributed by atoms with Crippen molar-refractivity contribution in [2.45, 2.75) is 38.6 Å². The van der Waals surface area contributed by atoms with Crippen LogP contribution in [0.1, 0.15) is 48.9 Å². The van der Waals surface area contributed by atoms with Crippen molar-refractivity contribution in [3.8, 4) is 0 Å². The molecule has 8 heteroatoms. The highest BCUT2D eigenvalue weighted by Gasteiger charge is 2.25. The number of hydrogen-bond acceptors (Lipinski definition) is 6. The molecule has 0 radical (unpaired) electrons. The van der Waals surface area contributed by atoms with Crippen LogP contribution < -0.4 is 10.2 Å². The summed E-state index contributed by atoms with van der Waals surface area (Å²) in [5.74, 6) is 1.12. The quantitative estimate of drug-likeness (QED) is 0.922. The zero-order valence-corrected chi connectivity index (χ0v) is 14.5. The molecule has 1 aliphatic rings. The lowest BCUT2D eigenvalue weighted by molar-refractivity contribution is 0.0928. The lowest BCUT2D eigenvalue weighted by Gasteiger charge is -2.32. The average Bonchev–Trinajstić information content (AvgIpc) is 3.16. The van der Waals surface area contributed by atoms with E-state index in [2.05, 4.69) is 38.4 Å². The number of anilines is 1. The minimum atomic E-state index is -0.113. The van der Waals surface area contributed by atoms with E-state index in [1.165, 1.54) is 11.5 Å². The minimum Gasteiger partial charge on any atom is -0.346 e. The molecule has 1 amide bonds. The summed E-state index contributed by atoms with van der Waals surface area (Å²) in [7, 11) is 1.86. The molecule has 1 unspecified atom stereocenters. The number of aromatic nitrogens is 4. The fraction of sp³-hybridized carbons (Fsp3) is 0.600. The van der Waals surface area contributed by atoms with E-state index in [0.29, 0.717) is 11.6 Å². The van der Waals surface area contributed by atoms with Gasteiger partial charge >= 0.3 is 0 Å². The molecule has 0 bridgehead atoms. The van der Waals surface area contributed by atoms with Crippen LogP contribution in [0.25, 0.3) is 0 Å². The first-order chi connectivity index (χ1) is 11.0. The lowest BCUT2D eigenvalue weighted by atomic mass is 10.1. The van der Waals surface area contributed by atoms with Crippen LogP contribution in [-0.2, 0) is 7.05 Å². The van der Waals surface area contributed by atoms with Gasteiger partial charge in [-0.3, -0.25) is 4.79 Å². The van der Waals surface area contributed by atoms with Crippen molar-refractivity contribution in [2.75, 3.05) is 18.0 Å². The molecule has 1 fully saturated rings. The second-order valence-corrected chi connectivity index (χ2v) is 7.00. The van der Waals surface area contributed by atoms with Crippen molar-refractivity contribution in [3.05, 3.63) is 24.0 Å². The highest BCUT2D eigenvalue weighted by Crippen LogP contribution is 2.24. The van der Waals surface area contributed by atoms with Gasteiger partial charge in [0.15, 0.2) is 0 Å². The van der Waals surface area contributed by atoms with E-state index in [9.17, 15) is 4.79 Å². The number of carbonyl (C=O) groups is 1. The lowest BCUT2D eigenvalue weighted by Crippen LogP contribution is -2.47. The maximum absolute atomic E-state index is 12.2. The summed E-state index contributed by atoms with van der Waals surface area (Å²) in [5.41, 5.74) is 0.461. The molecule has 1 aliphatic heterocycles. The SMILES string of the molecule is CC(C)c1nsc(N2CCCC(NC(=O)c3cn(C)cn3)C2)n1. The highest BCUT2D eigenvalue weighted by atomic mass is 32.1. The number of amides is 1. The Kier molecular flexibility index (Phi) is 4.61. The van der Waals surface area contributed by atoms with Crippen molar-refractivity contribution in [1.82, 2.24) is 24.2 Å². The largest absolute Gasteiger partial charge is 0.346 e. The first kappa shape index (κ1) is 15.9. The van der Waals surface area contributed by atoms with Crippen molar-refractivity contribution >= 4 is 22.6 Å². The fourth-order valence-electron chi connectivity index (χ4n) is 2.65. The number of imidazole rings is 1. The molecule has 0 spiro atoms. The molecule has 7 nitrogen and oxygen atoms in total. The van der Waals surface area contributed by atoms with Gasteiger partial charge in [0.1, 0.15) is 11.5 Å². The predicted molar refractivity (Wildman–Crippen MR) is 89.9 cm³/mol. The molecule has 0 saturated carbocycles. The van der Waals surface area contributed by atoms with E-state index >= 15 is 0 Å². The molecular formula is C15H22N6OS. The van der Waals surface area contributed by atoms with Gasteiger partial charge < -0.3 is 14.8 Å². The third-order valence-electron chi connectivity index (χ3n) is 3.91. The van der Waals surface area contributed by atoms with Gasteiger partial charge in [-0.25, -0.2) is 9.97 Å². The number of nitrogens with zero attached hydrogens (tertiary/aromatic N) is 5. The Labute approximate surface area is 139 Å². The van der Waals surface area contributed by atoms with E-state index in [1.807, 2.05) is 7.05 Å². The number of hydrogen-bond donors (Lipinski definition) is 1. The topological polar surface area (TPSA) is 75.9 Å². The fourth-order valence-corrected chi connectivity index (χ4v) is 3.49. The van der Waals surface area contributed by atoms with E-state index in [-0.39, 0.29) is 11.9 Å². The van der Waals surface area contributed by atoms with Crippen LogP contribution in [0.5, 0.6) is 0 Å². The Bertz CT molecular complexity index is 679. The molecule has 23 heavy (non-hydrogen) atoms. The molecule has 0 aromatic carbocycles. The van der Waals surface area contributed by atoms with Crippen LogP contribution >= 0.6 is 11.5 Å². The maximum Gasteiger partial charge on any atom is 0.271 e. The van der Waals surface area contributed by atoms with Gasteiger partial charge in [-0.2, -0.15) is 4.37 Å². The Morgan fingerprint density at radius 1 is 1.48 bits per heavy atom. The molecule has 3 rings (SSSR count). The molecule has 124 valence electrons. The van der Waals surface area contributed by atoms with Gasteiger partial charge in [0, 0.05) is 49.8 Å². The number of aryl methyl sites for hydroxylation is 1. The Balaban J connectivity index is 1.62. The van der Waals surface area contributed by atoms with Crippen molar-refractivity contribution in [3.63, 3.8) is 0 Å². The molecule has 2 aromatic rings. The Hall–Kier alpha value is -1.96. The second-order valence-electron chi connectivity index (χ2n) is 6.27. The first-order valence-electron chi connectivity index (χ1n) is 7.90. The standard InChI is InChI=1S/C15H22N6OS/c1-10(2)13-18-15(23-19-13)21-6-4-5-11(7-21)17-14(22)12-8-20(3)9-16-12/h8-11H,4-7H2,1-3H3,(H,17,22). The first-order valence-corrected chi connectivity index (χ1v) is 8.67. The number of piperidine rings is 1. The van der Waals surface area contributed by atoms with E-state index < -0.39 is 0 Å². The molecule has 1 saturated heterocycles. The Morgan fingerprint density at radius 2 is 2.30 bits per heavy atom. The zero-order valence-electron chi connectivity index (χ0n) is 13.7. The molecular weight excluding hydrogens is 312 g/mol. The highest BCUT2D eigenvalue weighted by molar-refractivity contribution is 7.09. The minimum absolute atomic E-state index is 0.113. The van der Waals surface area contributed by atoms with E-state index in [1.54, 1.807) is 17.1 Å². The third kappa shape index (κ3) is 3.69. The number of carbonyl (C=O) groups excluding carboxylic acids is 1. The van der Waals surface area contributed by atoms with Gasteiger partial charge in [-0.1, -0.05) is 13.8 Å². The molecule has 1 atom stereocenters. The van der Waals surface area contributed by atoms with Crippen LogP contribution in [0.4, 0.5) is 5.13 Å². The van der Waals surface area contributed by atoms with Crippen molar-refractivity contribution < 1.29 is 4.79 Å². The van der Waals surface area contributed by atoms with Gasteiger partial charge in [0.2, 0.25) is 5.13 Å². The monoisotopic (exact) mass is 334 g/mol. The van der Waals surface area contributed by atoms with Crippen molar-refractivity contribution in [2.24, 2.45) is 7.05 Å². The third-order valence-corrected chi connectivity index (χ3v) is 4.70. The summed E-state index contributed by atoms with van der Waals surface area (Å²) in [6.07, 6.45) is 5.38. The summed E-state index contributed by atoms with van der Waals surface area (Å²) >= 11 is 1.44. The van der Waals surface area contributed by atoms with Crippen LogP contribution in [0.3, 0.4) is 0 Å². The van der Waals surface area contributed by atoms with Gasteiger partial charge in [0.25, 0.3) is 5.91 Å². The van der Waals surface area contributed by atoms with Crippen LogP contribution in [0.2, 0.25) is 0 Å². The van der Waals surface area contributed by atoms with E-state index in [4.69, 9.17) is 0 Å². The number of rotatable bonds is 4. The summed E-state index contributed by atoms with van der Waals surface area (Å²) in [6.45, 7) is 5.92. The molecule has 3 heterocycles. The summed E-state index contributed by atoms with van der Waals surface area (Å²) in [6, 6.07) is 0.115. The predicted octanol–water partition coefficient (Wildman–Crippen LogP) is 1.79. The smallest absolute Gasteiger partial charge is 0.271 e. The molecule has 1 N–H and O–H groups in total. The van der Waals surface area contributed by atoms with Gasteiger partial charge in [0.05, 0.1) is 6.33 Å². The summed E-state index contributed by atoms with van der Waals surface area (Å²) in [4.78, 5) is 23.2. The average molecular weight is 334 g/mol. The van der Waals surface area contributed by atoms with Crippen LogP contribution in [-0.4, -0.2) is 43.9 Å². The van der Waals surface area contributed by atoms with E-state index in [0.717, 1.165) is 36.9 Å². The normalized spacial score (nSPS) is 18.4. The zero-order chi connectivity index (χ0) is 16.4. The molecule has 2 aromatic heterocycles. The van der Waals surface area contributed by atoms with Crippen LogP contribution in [0.15, 0.2) is 12.5 Å². The second kappa shape index (κ2) is 6.66. The van der Waals surface area contributed by atoms with Gasteiger partial charge in [-0.15, -0.1) is 0 Å². The van der Waals surface area contributed by atoms with Crippen molar-refractivity contribution in [1.29, 1.82) is 0 Å². The van der Waals surface area contributed by atoms with Crippen LogP contribution in [0, 0.1) is 0 Å². The summed E-state index contributed by atoms with van der Waals surface area (Å²) < 4.78 is 6.19.